The van der Waals surface area contributed by atoms with Crippen molar-refractivity contribution in [2.75, 3.05) is 19.0 Å². The average molecular weight is 418 g/mol. The smallest absolute Gasteiger partial charge is 0.331 e. The highest BCUT2D eigenvalue weighted by Gasteiger charge is 2.37. The van der Waals surface area contributed by atoms with E-state index in [1.807, 2.05) is 57.1 Å². The van der Waals surface area contributed by atoms with E-state index in [1.54, 1.807) is 6.08 Å². The Morgan fingerprint density at radius 3 is 2.33 bits per heavy atom. The minimum atomic E-state index is -0.948. The third-order valence-corrected chi connectivity index (χ3v) is 5.52. The molecule has 1 aliphatic rings. The maximum absolute atomic E-state index is 11.9. The number of hydrogen-bond donors (Lipinski definition) is 3. The lowest BCUT2D eigenvalue weighted by molar-refractivity contribution is -0.133. The number of amides is 1. The van der Waals surface area contributed by atoms with Gasteiger partial charge in [-0.2, -0.15) is 0 Å². The Hall–Kier alpha value is -2.38. The van der Waals surface area contributed by atoms with Gasteiger partial charge in [0.15, 0.2) is 0 Å². The average Bonchev–Trinajstić information content (AvgIpc) is 2.71. The third-order valence-electron chi connectivity index (χ3n) is 5.52. The van der Waals surface area contributed by atoms with Crippen molar-refractivity contribution in [3.05, 3.63) is 41.5 Å². The topological polar surface area (TPSA) is 90.9 Å². The molecule has 7 heteroatoms. The normalized spacial score (nSPS) is 21.3. The second kappa shape index (κ2) is 11.1. The van der Waals surface area contributed by atoms with E-state index < -0.39 is 12.1 Å². The number of carbonyl (C=O) groups excluding carboxylic acids is 1. The summed E-state index contributed by atoms with van der Waals surface area (Å²) in [7, 11) is 3.99. The molecule has 166 valence electrons. The fourth-order valence-corrected chi connectivity index (χ4v) is 3.73. The van der Waals surface area contributed by atoms with Crippen LogP contribution in [0.5, 0.6) is 0 Å². The van der Waals surface area contributed by atoms with E-state index in [0.29, 0.717) is 18.5 Å². The second-order valence-electron chi connectivity index (χ2n) is 8.01. The number of rotatable bonds is 10. The van der Waals surface area contributed by atoms with Gasteiger partial charge in [-0.05, 0) is 43.0 Å². The number of nitrogens with zero attached hydrogens (tertiary/aromatic N) is 1. The Bertz CT molecular complexity index is 741. The lowest BCUT2D eigenvalue weighted by Gasteiger charge is -2.38. The summed E-state index contributed by atoms with van der Waals surface area (Å²) in [5, 5.41) is 16.1. The van der Waals surface area contributed by atoms with Gasteiger partial charge < -0.3 is 25.4 Å². The lowest BCUT2D eigenvalue weighted by atomic mass is 9.87. The number of carboxylic acid groups (broad SMARTS) is 1. The van der Waals surface area contributed by atoms with Crippen molar-refractivity contribution in [2.24, 2.45) is 0 Å². The molecule has 0 aliphatic heterocycles. The second-order valence-corrected chi connectivity index (χ2v) is 8.01. The van der Waals surface area contributed by atoms with Crippen molar-refractivity contribution < 1.29 is 19.4 Å². The van der Waals surface area contributed by atoms with Crippen LogP contribution in [0.25, 0.3) is 0 Å². The molecule has 0 saturated carbocycles. The molecule has 1 aliphatic carbocycles. The fraction of sp³-hybridized carbons (Fsp3) is 0.565. The van der Waals surface area contributed by atoms with E-state index in [-0.39, 0.29) is 24.1 Å². The van der Waals surface area contributed by atoms with Crippen LogP contribution in [0.3, 0.4) is 0 Å². The monoisotopic (exact) mass is 417 g/mol. The van der Waals surface area contributed by atoms with E-state index >= 15 is 0 Å². The summed E-state index contributed by atoms with van der Waals surface area (Å²) in [6.45, 7) is 6.12. The van der Waals surface area contributed by atoms with Crippen LogP contribution in [-0.4, -0.2) is 55.4 Å². The molecule has 0 aromatic heterocycles. The Morgan fingerprint density at radius 2 is 1.83 bits per heavy atom. The molecule has 3 N–H and O–H groups in total. The number of hydrogen-bond acceptors (Lipinski definition) is 5. The van der Waals surface area contributed by atoms with Gasteiger partial charge in [0, 0.05) is 44.9 Å². The van der Waals surface area contributed by atoms with Crippen molar-refractivity contribution in [3.63, 3.8) is 0 Å². The summed E-state index contributed by atoms with van der Waals surface area (Å²) < 4.78 is 6.21. The van der Waals surface area contributed by atoms with E-state index in [9.17, 15) is 14.7 Å². The van der Waals surface area contributed by atoms with Gasteiger partial charge >= 0.3 is 5.97 Å². The van der Waals surface area contributed by atoms with Gasteiger partial charge in [0.1, 0.15) is 0 Å². The summed E-state index contributed by atoms with van der Waals surface area (Å²) in [5.41, 5.74) is 2.52. The summed E-state index contributed by atoms with van der Waals surface area (Å²) in [4.78, 5) is 25.7. The van der Waals surface area contributed by atoms with E-state index in [0.717, 1.165) is 24.1 Å². The van der Waals surface area contributed by atoms with Crippen LogP contribution in [0, 0.1) is 0 Å². The molecule has 1 aromatic carbocycles. The highest BCUT2D eigenvalue weighted by atomic mass is 16.5. The maximum Gasteiger partial charge on any atom is 0.331 e. The number of carboxylic acids is 1. The van der Waals surface area contributed by atoms with Crippen LogP contribution >= 0.6 is 0 Å². The molecule has 0 heterocycles. The molecule has 0 saturated heterocycles. The van der Waals surface area contributed by atoms with Crippen LogP contribution in [0.15, 0.2) is 35.9 Å². The number of benzene rings is 1. The zero-order chi connectivity index (χ0) is 22.3. The van der Waals surface area contributed by atoms with Gasteiger partial charge in [-0.3, -0.25) is 4.79 Å². The molecule has 1 amide bonds. The van der Waals surface area contributed by atoms with E-state index in [1.165, 1.54) is 6.92 Å². The molecule has 2 rings (SSSR count). The standard InChI is InChI=1S/C23H35N3O4/c1-6-19(7-2)30-21-13-17(23(28)29)12-20(22(21)25-15(3)27)24-14-16-8-10-18(11-9-16)26(4)5/h8-11,13,19-22,24H,6-7,12,14H2,1-5H3,(H,25,27)(H,28,29)/t20-,21+,22+/m0/s1. The van der Waals surface area contributed by atoms with Crippen LogP contribution in [0.2, 0.25) is 0 Å². The molecule has 1 aromatic rings. The van der Waals surface area contributed by atoms with Crippen molar-refractivity contribution in [1.82, 2.24) is 10.6 Å². The number of anilines is 1. The molecule has 0 spiro atoms. The molecular weight excluding hydrogens is 382 g/mol. The molecular formula is C23H35N3O4. The number of carbonyl (C=O) groups is 2. The van der Waals surface area contributed by atoms with Gasteiger partial charge in [0.05, 0.1) is 18.2 Å². The Kier molecular flexibility index (Phi) is 8.87. The van der Waals surface area contributed by atoms with Crippen molar-refractivity contribution in [2.45, 2.75) is 70.9 Å². The van der Waals surface area contributed by atoms with Crippen LogP contribution in [0.1, 0.15) is 45.6 Å². The highest BCUT2D eigenvalue weighted by molar-refractivity contribution is 5.87. The summed E-state index contributed by atoms with van der Waals surface area (Å²) >= 11 is 0. The first-order chi connectivity index (χ1) is 14.2. The summed E-state index contributed by atoms with van der Waals surface area (Å²) in [6, 6.07) is 7.59. The number of ether oxygens (including phenoxy) is 1. The lowest BCUT2D eigenvalue weighted by Crippen LogP contribution is -2.58. The van der Waals surface area contributed by atoms with E-state index in [4.69, 9.17) is 4.74 Å². The minimum absolute atomic E-state index is 0.00915. The maximum atomic E-state index is 11.9. The minimum Gasteiger partial charge on any atom is -0.478 e. The largest absolute Gasteiger partial charge is 0.478 e. The first kappa shape index (κ1) is 23.9. The zero-order valence-electron chi connectivity index (χ0n) is 18.6. The molecule has 0 fully saturated rings. The van der Waals surface area contributed by atoms with Crippen LogP contribution in [0.4, 0.5) is 5.69 Å². The van der Waals surface area contributed by atoms with Gasteiger partial charge in [0.2, 0.25) is 5.91 Å². The van der Waals surface area contributed by atoms with Crippen LogP contribution in [-0.2, 0) is 20.9 Å². The van der Waals surface area contributed by atoms with Crippen molar-refractivity contribution >= 4 is 17.6 Å². The van der Waals surface area contributed by atoms with Crippen molar-refractivity contribution in [1.29, 1.82) is 0 Å². The predicted octanol–water partition coefficient (Wildman–Crippen LogP) is 2.70. The van der Waals surface area contributed by atoms with Crippen molar-refractivity contribution in [3.8, 4) is 0 Å². The third kappa shape index (κ3) is 6.57. The summed E-state index contributed by atoms with van der Waals surface area (Å²) in [6.07, 6.45) is 3.14. The van der Waals surface area contributed by atoms with E-state index in [2.05, 4.69) is 10.6 Å². The fourth-order valence-electron chi connectivity index (χ4n) is 3.73. The van der Waals surface area contributed by atoms with Crippen LogP contribution < -0.4 is 15.5 Å². The van der Waals surface area contributed by atoms with Gasteiger partial charge in [-0.15, -0.1) is 0 Å². The number of aliphatic carboxylic acids is 1. The van der Waals surface area contributed by atoms with Gasteiger partial charge in [-0.1, -0.05) is 26.0 Å². The first-order valence-corrected chi connectivity index (χ1v) is 10.6. The number of nitrogens with one attached hydrogen (secondary N) is 2. The molecule has 0 radical (unpaired) electrons. The Labute approximate surface area is 179 Å². The molecule has 3 atom stereocenters. The summed E-state index contributed by atoms with van der Waals surface area (Å²) in [5.74, 6) is -1.11. The predicted molar refractivity (Wildman–Crippen MR) is 119 cm³/mol. The first-order valence-electron chi connectivity index (χ1n) is 10.6. The molecule has 7 nitrogen and oxygen atoms in total. The Morgan fingerprint density at radius 1 is 1.20 bits per heavy atom. The highest BCUT2D eigenvalue weighted by Crippen LogP contribution is 2.25. The SMILES string of the molecule is CCC(CC)O[C@@H]1C=C(C(=O)O)C[C@H](NCc2ccc(N(C)C)cc2)[C@H]1NC(C)=O. The zero-order valence-corrected chi connectivity index (χ0v) is 18.6. The van der Waals surface area contributed by atoms with Gasteiger partial charge in [0.25, 0.3) is 0 Å². The molecule has 0 unspecified atom stereocenters. The Balaban J connectivity index is 2.21. The molecule has 30 heavy (non-hydrogen) atoms. The quantitative estimate of drug-likeness (QED) is 0.542. The molecule has 0 bridgehead atoms. The van der Waals surface area contributed by atoms with Gasteiger partial charge in [-0.25, -0.2) is 4.79 Å².